The standard InChI is InChI=1S/C25H26N6OS/c1-4-18-6-5-7-21(14-18)29-23-22-24(28-16-27-23)31-25(33-22)30-20-10-8-19(9-11-20)15-26-12-13-32-17(2)3/h1,5-11,14,16-17,26H,12-13,15H2,2-3H3,(H2,27,28,29,30,31). The highest BCUT2D eigenvalue weighted by atomic mass is 32.1. The maximum Gasteiger partial charge on any atom is 0.189 e. The third-order valence-corrected chi connectivity index (χ3v) is 5.71. The minimum absolute atomic E-state index is 0.261. The van der Waals surface area contributed by atoms with Gasteiger partial charge in [-0.15, -0.1) is 6.42 Å². The van der Waals surface area contributed by atoms with Gasteiger partial charge in [-0.3, -0.25) is 0 Å². The summed E-state index contributed by atoms with van der Waals surface area (Å²) in [7, 11) is 0. The second kappa shape index (κ2) is 10.9. The van der Waals surface area contributed by atoms with E-state index in [1.807, 2.05) is 50.2 Å². The van der Waals surface area contributed by atoms with Crippen molar-refractivity contribution < 1.29 is 4.74 Å². The number of anilines is 4. The number of ether oxygens (including phenoxy) is 1. The molecule has 7 nitrogen and oxygen atoms in total. The average molecular weight is 459 g/mol. The highest BCUT2D eigenvalue weighted by Gasteiger charge is 2.11. The van der Waals surface area contributed by atoms with Gasteiger partial charge in [-0.1, -0.05) is 35.5 Å². The van der Waals surface area contributed by atoms with Crippen molar-refractivity contribution in [2.75, 3.05) is 23.8 Å². The smallest absolute Gasteiger partial charge is 0.189 e. The monoisotopic (exact) mass is 458 g/mol. The molecule has 0 unspecified atom stereocenters. The summed E-state index contributed by atoms with van der Waals surface area (Å²) in [5.41, 5.74) is 4.48. The first-order chi connectivity index (χ1) is 16.1. The molecule has 168 valence electrons. The molecule has 0 aliphatic heterocycles. The van der Waals surface area contributed by atoms with E-state index in [0.717, 1.165) is 39.9 Å². The number of nitrogens with one attached hydrogen (secondary N) is 3. The lowest BCUT2D eigenvalue weighted by molar-refractivity contribution is 0.0807. The number of aromatic nitrogens is 3. The van der Waals surface area contributed by atoms with Gasteiger partial charge in [0.05, 0.1) is 12.7 Å². The summed E-state index contributed by atoms with van der Waals surface area (Å²) < 4.78 is 6.41. The number of terminal acetylenes is 1. The summed E-state index contributed by atoms with van der Waals surface area (Å²) in [6.45, 7) is 6.42. The van der Waals surface area contributed by atoms with Crippen molar-refractivity contribution in [2.45, 2.75) is 26.5 Å². The number of thiazole rings is 1. The second-order valence-corrected chi connectivity index (χ2v) is 8.66. The molecule has 0 bridgehead atoms. The number of fused-ring (bicyclic) bond motifs is 1. The Labute approximate surface area is 197 Å². The molecule has 0 aliphatic carbocycles. The maximum absolute atomic E-state index is 5.54. The van der Waals surface area contributed by atoms with E-state index >= 15 is 0 Å². The predicted molar refractivity (Wildman–Crippen MR) is 135 cm³/mol. The highest BCUT2D eigenvalue weighted by Crippen LogP contribution is 2.32. The van der Waals surface area contributed by atoms with Crippen LogP contribution >= 0.6 is 11.3 Å². The van der Waals surface area contributed by atoms with E-state index in [-0.39, 0.29) is 6.10 Å². The Morgan fingerprint density at radius 3 is 2.70 bits per heavy atom. The first kappa shape index (κ1) is 22.7. The largest absolute Gasteiger partial charge is 0.377 e. The van der Waals surface area contributed by atoms with Crippen LogP contribution in [0.3, 0.4) is 0 Å². The number of nitrogens with zero attached hydrogens (tertiary/aromatic N) is 3. The van der Waals surface area contributed by atoms with Gasteiger partial charge in [-0.2, -0.15) is 4.98 Å². The van der Waals surface area contributed by atoms with Gasteiger partial charge in [-0.25, -0.2) is 9.97 Å². The van der Waals surface area contributed by atoms with Gasteiger partial charge in [0.1, 0.15) is 11.0 Å². The SMILES string of the molecule is C#Cc1cccc(Nc2ncnc3nc(Nc4ccc(CNCCOC(C)C)cc4)sc23)c1. The van der Waals surface area contributed by atoms with Crippen molar-refractivity contribution in [1.29, 1.82) is 0 Å². The van der Waals surface area contributed by atoms with E-state index in [1.54, 1.807) is 0 Å². The maximum atomic E-state index is 5.54. The Balaban J connectivity index is 1.40. The quantitative estimate of drug-likeness (QED) is 0.226. The lowest BCUT2D eigenvalue weighted by atomic mass is 10.2. The van der Waals surface area contributed by atoms with Gasteiger partial charge in [0.15, 0.2) is 16.6 Å². The van der Waals surface area contributed by atoms with Crippen LogP contribution in [0.1, 0.15) is 25.0 Å². The van der Waals surface area contributed by atoms with Crippen molar-refractivity contribution in [1.82, 2.24) is 20.3 Å². The van der Waals surface area contributed by atoms with E-state index in [9.17, 15) is 0 Å². The molecule has 0 amide bonds. The molecule has 2 aromatic carbocycles. The number of benzene rings is 2. The molecule has 0 saturated carbocycles. The Hall–Kier alpha value is -3.51. The zero-order valence-electron chi connectivity index (χ0n) is 18.6. The van der Waals surface area contributed by atoms with Crippen molar-refractivity contribution in [2.24, 2.45) is 0 Å². The Morgan fingerprint density at radius 1 is 1.06 bits per heavy atom. The molecule has 2 aromatic heterocycles. The second-order valence-electron chi connectivity index (χ2n) is 7.66. The van der Waals surface area contributed by atoms with Crippen LogP contribution in [-0.2, 0) is 11.3 Å². The van der Waals surface area contributed by atoms with Gasteiger partial charge >= 0.3 is 0 Å². The van der Waals surface area contributed by atoms with Gasteiger partial charge < -0.3 is 20.7 Å². The first-order valence-corrected chi connectivity index (χ1v) is 11.6. The lowest BCUT2D eigenvalue weighted by Gasteiger charge is -2.09. The molecule has 0 aliphatic rings. The average Bonchev–Trinajstić information content (AvgIpc) is 3.23. The van der Waals surface area contributed by atoms with Crippen molar-refractivity contribution in [3.8, 4) is 12.3 Å². The van der Waals surface area contributed by atoms with E-state index in [4.69, 9.17) is 11.2 Å². The molecular weight excluding hydrogens is 432 g/mol. The van der Waals surface area contributed by atoms with Crippen LogP contribution in [0.5, 0.6) is 0 Å². The van der Waals surface area contributed by atoms with Crippen LogP contribution in [0, 0.1) is 12.3 Å². The Morgan fingerprint density at radius 2 is 1.91 bits per heavy atom. The van der Waals surface area contributed by atoms with Crippen LogP contribution in [0.15, 0.2) is 54.9 Å². The third-order valence-electron chi connectivity index (χ3n) is 4.75. The molecule has 0 fully saturated rings. The van der Waals surface area contributed by atoms with Gasteiger partial charge in [0.25, 0.3) is 0 Å². The Bertz CT molecular complexity index is 1250. The number of hydrogen-bond acceptors (Lipinski definition) is 8. The van der Waals surface area contributed by atoms with Crippen LogP contribution < -0.4 is 16.0 Å². The lowest BCUT2D eigenvalue weighted by Crippen LogP contribution is -2.20. The summed E-state index contributed by atoms with van der Waals surface area (Å²) in [6.07, 6.45) is 7.27. The van der Waals surface area contributed by atoms with Gasteiger partial charge in [0, 0.05) is 30.0 Å². The fourth-order valence-corrected chi connectivity index (χ4v) is 4.03. The molecule has 0 atom stereocenters. The molecule has 0 saturated heterocycles. The molecule has 0 spiro atoms. The molecule has 2 heterocycles. The Kier molecular flexibility index (Phi) is 7.47. The molecule has 33 heavy (non-hydrogen) atoms. The van der Waals surface area contributed by atoms with Gasteiger partial charge in [-0.05, 0) is 49.7 Å². The molecular formula is C25H26N6OS. The van der Waals surface area contributed by atoms with Crippen LogP contribution in [0.4, 0.5) is 22.3 Å². The zero-order chi connectivity index (χ0) is 23.0. The molecule has 4 aromatic rings. The zero-order valence-corrected chi connectivity index (χ0v) is 19.4. The van der Waals surface area contributed by atoms with Gasteiger partial charge in [0.2, 0.25) is 0 Å². The minimum Gasteiger partial charge on any atom is -0.377 e. The number of rotatable bonds is 10. The van der Waals surface area contributed by atoms with Crippen molar-refractivity contribution in [3.05, 3.63) is 66.0 Å². The van der Waals surface area contributed by atoms with E-state index in [2.05, 4.69) is 49.0 Å². The normalized spacial score (nSPS) is 11.0. The predicted octanol–water partition coefficient (Wildman–Crippen LogP) is 5.07. The van der Waals surface area contributed by atoms with E-state index < -0.39 is 0 Å². The first-order valence-electron chi connectivity index (χ1n) is 10.7. The van der Waals surface area contributed by atoms with Crippen molar-refractivity contribution in [3.63, 3.8) is 0 Å². The van der Waals surface area contributed by atoms with Crippen LogP contribution in [0.2, 0.25) is 0 Å². The molecule has 3 N–H and O–H groups in total. The summed E-state index contributed by atoms with van der Waals surface area (Å²) in [5.74, 6) is 3.34. The summed E-state index contributed by atoms with van der Waals surface area (Å²) >= 11 is 1.50. The molecule has 8 heteroatoms. The van der Waals surface area contributed by atoms with Crippen LogP contribution in [-0.4, -0.2) is 34.2 Å². The van der Waals surface area contributed by atoms with E-state index in [1.165, 1.54) is 23.2 Å². The molecule has 0 radical (unpaired) electrons. The highest BCUT2D eigenvalue weighted by molar-refractivity contribution is 7.22. The minimum atomic E-state index is 0.261. The van der Waals surface area contributed by atoms with Crippen LogP contribution in [0.25, 0.3) is 10.3 Å². The van der Waals surface area contributed by atoms with Crippen molar-refractivity contribution >= 4 is 44.0 Å². The topological polar surface area (TPSA) is 84.0 Å². The fraction of sp³-hybridized carbons (Fsp3) is 0.240. The third kappa shape index (κ3) is 6.26. The summed E-state index contributed by atoms with van der Waals surface area (Å²) in [6, 6.07) is 15.9. The summed E-state index contributed by atoms with van der Waals surface area (Å²) in [5, 5.41) is 10.8. The summed E-state index contributed by atoms with van der Waals surface area (Å²) in [4.78, 5) is 13.3. The van der Waals surface area contributed by atoms with E-state index in [0.29, 0.717) is 18.1 Å². The fourth-order valence-electron chi connectivity index (χ4n) is 3.15. The number of hydrogen-bond donors (Lipinski definition) is 3. The molecule has 4 rings (SSSR count).